The molecule has 1 saturated heterocycles. The molecule has 31 heavy (non-hydrogen) atoms. The third-order valence-corrected chi connectivity index (χ3v) is 5.40. The maximum absolute atomic E-state index is 14.2. The summed E-state index contributed by atoms with van der Waals surface area (Å²) in [6.07, 6.45) is -6.80. The highest BCUT2D eigenvalue weighted by atomic mass is 19.1. The molecule has 1 aromatic heterocycles. The van der Waals surface area contributed by atoms with Gasteiger partial charge in [0.05, 0.1) is 13.7 Å². The average Bonchev–Trinajstić information content (AvgIpc) is 3.04. The summed E-state index contributed by atoms with van der Waals surface area (Å²) in [7, 11) is 1.39. The molecule has 172 valence electrons. The van der Waals surface area contributed by atoms with E-state index in [1.165, 1.54) is 19.2 Å². The highest BCUT2D eigenvalue weighted by molar-refractivity contribution is 5.39. The Morgan fingerprint density at radius 3 is 2.48 bits per heavy atom. The molecule has 3 rings (SSSR count). The number of nitrogens with zero attached hydrogens (tertiary/aromatic N) is 2. The lowest BCUT2D eigenvalue weighted by molar-refractivity contribution is -0.278. The standard InChI is InChI=1S/C21H29FN2O7/c1-10(2)24-11(3)13(7-12-5-6-15(29-4)14(22)8-12)20(23-24)31-21-19(28)18(27)17(26)16(9-25)30-21/h5-6,8,10,16-19,21,25-28H,7,9H2,1-4H3/t16-,17-,18-,19-,21?/m1/s1. The van der Waals surface area contributed by atoms with Gasteiger partial charge in [-0.25, -0.2) is 4.39 Å². The van der Waals surface area contributed by atoms with Gasteiger partial charge in [-0.3, -0.25) is 4.68 Å². The van der Waals surface area contributed by atoms with E-state index in [0.29, 0.717) is 11.1 Å². The van der Waals surface area contributed by atoms with E-state index < -0.39 is 43.1 Å². The summed E-state index contributed by atoms with van der Waals surface area (Å²) < 4.78 is 32.1. The van der Waals surface area contributed by atoms with Crippen LogP contribution in [-0.4, -0.2) is 74.6 Å². The Hall–Kier alpha value is -2.24. The third kappa shape index (κ3) is 4.68. The number of halogens is 1. The molecular weight excluding hydrogens is 411 g/mol. The van der Waals surface area contributed by atoms with E-state index >= 15 is 0 Å². The molecule has 4 N–H and O–H groups in total. The summed E-state index contributed by atoms with van der Waals surface area (Å²) in [6.45, 7) is 5.16. The van der Waals surface area contributed by atoms with Gasteiger partial charge >= 0.3 is 0 Å². The number of aliphatic hydroxyl groups excluding tert-OH is 4. The molecule has 1 aliphatic rings. The maximum Gasteiger partial charge on any atom is 0.239 e. The van der Waals surface area contributed by atoms with E-state index in [0.717, 1.165) is 5.69 Å². The van der Waals surface area contributed by atoms with Crippen LogP contribution in [0, 0.1) is 12.7 Å². The number of hydrogen-bond donors (Lipinski definition) is 4. The van der Waals surface area contributed by atoms with Crippen molar-refractivity contribution in [2.75, 3.05) is 13.7 Å². The fraction of sp³-hybridized carbons (Fsp3) is 0.571. The van der Waals surface area contributed by atoms with Crippen molar-refractivity contribution >= 4 is 0 Å². The Balaban J connectivity index is 1.93. The van der Waals surface area contributed by atoms with Crippen LogP contribution in [0.2, 0.25) is 0 Å². The fourth-order valence-electron chi connectivity index (χ4n) is 3.63. The van der Waals surface area contributed by atoms with Crippen molar-refractivity contribution in [3.8, 4) is 11.6 Å². The van der Waals surface area contributed by atoms with E-state index in [9.17, 15) is 24.8 Å². The molecular formula is C21H29FN2O7. The van der Waals surface area contributed by atoms with Crippen molar-refractivity contribution in [3.05, 3.63) is 40.8 Å². The molecule has 5 atom stereocenters. The van der Waals surface area contributed by atoms with Crippen LogP contribution >= 0.6 is 0 Å². The topological polar surface area (TPSA) is 126 Å². The number of rotatable bonds is 7. The minimum absolute atomic E-state index is 0.00139. The number of methoxy groups -OCH3 is 1. The van der Waals surface area contributed by atoms with Gasteiger partial charge in [0.25, 0.3) is 0 Å². The summed E-state index contributed by atoms with van der Waals surface area (Å²) in [5, 5.41) is 44.1. The Labute approximate surface area is 179 Å². The zero-order chi connectivity index (χ0) is 22.9. The average molecular weight is 440 g/mol. The van der Waals surface area contributed by atoms with Crippen LogP contribution in [0.5, 0.6) is 11.6 Å². The van der Waals surface area contributed by atoms with Crippen LogP contribution in [0.4, 0.5) is 4.39 Å². The van der Waals surface area contributed by atoms with Crippen LogP contribution in [0.15, 0.2) is 18.2 Å². The van der Waals surface area contributed by atoms with Gasteiger partial charge in [-0.2, -0.15) is 0 Å². The molecule has 0 bridgehead atoms. The fourth-order valence-corrected chi connectivity index (χ4v) is 3.63. The van der Waals surface area contributed by atoms with E-state index in [-0.39, 0.29) is 24.1 Å². The summed E-state index contributed by atoms with van der Waals surface area (Å²) in [5.74, 6) is -0.215. The molecule has 0 radical (unpaired) electrons. The summed E-state index contributed by atoms with van der Waals surface area (Å²) in [6, 6.07) is 4.62. The zero-order valence-electron chi connectivity index (χ0n) is 17.9. The molecule has 1 unspecified atom stereocenters. The first kappa shape index (κ1) is 23.4. The maximum atomic E-state index is 14.2. The van der Waals surface area contributed by atoms with Crippen LogP contribution in [-0.2, 0) is 11.2 Å². The van der Waals surface area contributed by atoms with Crippen molar-refractivity contribution in [1.82, 2.24) is 9.78 Å². The van der Waals surface area contributed by atoms with Crippen LogP contribution in [0.25, 0.3) is 0 Å². The Kier molecular flexibility index (Phi) is 7.17. The predicted octanol–water partition coefficient (Wildman–Crippen LogP) is 0.690. The summed E-state index contributed by atoms with van der Waals surface area (Å²) in [4.78, 5) is 0. The molecule has 0 aliphatic carbocycles. The van der Waals surface area contributed by atoms with Gasteiger partial charge in [0.1, 0.15) is 24.4 Å². The number of benzene rings is 1. The lowest BCUT2D eigenvalue weighted by atomic mass is 9.99. The van der Waals surface area contributed by atoms with Crippen molar-refractivity contribution in [1.29, 1.82) is 0 Å². The molecule has 0 saturated carbocycles. The SMILES string of the molecule is COc1ccc(Cc2c(OC3O[C@H](CO)[C@@H](O)[C@@H](O)[C@H]3O)nn(C(C)C)c2C)cc1F. The quantitative estimate of drug-likeness (QED) is 0.496. The number of aromatic nitrogens is 2. The third-order valence-electron chi connectivity index (χ3n) is 5.40. The number of ether oxygens (including phenoxy) is 3. The zero-order valence-corrected chi connectivity index (χ0v) is 17.9. The summed E-state index contributed by atoms with van der Waals surface area (Å²) in [5.41, 5.74) is 2.09. The molecule has 1 fully saturated rings. The number of aliphatic hydroxyl groups is 4. The molecule has 0 spiro atoms. The Morgan fingerprint density at radius 1 is 1.19 bits per heavy atom. The smallest absolute Gasteiger partial charge is 0.239 e. The molecule has 1 aromatic carbocycles. The van der Waals surface area contributed by atoms with Gasteiger partial charge in [-0.15, -0.1) is 5.10 Å². The molecule has 1 aliphatic heterocycles. The minimum atomic E-state index is -1.57. The normalized spacial score (nSPS) is 26.3. The Bertz CT molecular complexity index is 902. The highest BCUT2D eigenvalue weighted by Crippen LogP contribution is 2.31. The first-order valence-corrected chi connectivity index (χ1v) is 10.1. The van der Waals surface area contributed by atoms with Crippen molar-refractivity contribution in [2.45, 2.75) is 63.9 Å². The van der Waals surface area contributed by atoms with Gasteiger partial charge in [0.2, 0.25) is 12.2 Å². The van der Waals surface area contributed by atoms with Crippen molar-refractivity contribution in [2.24, 2.45) is 0 Å². The second-order valence-corrected chi connectivity index (χ2v) is 7.87. The number of hydrogen-bond acceptors (Lipinski definition) is 8. The molecule has 10 heteroatoms. The van der Waals surface area contributed by atoms with Gasteiger partial charge < -0.3 is 34.6 Å². The second kappa shape index (κ2) is 9.49. The first-order valence-electron chi connectivity index (χ1n) is 10.1. The molecule has 0 amide bonds. The largest absolute Gasteiger partial charge is 0.494 e. The van der Waals surface area contributed by atoms with Gasteiger partial charge in [0, 0.05) is 23.7 Å². The van der Waals surface area contributed by atoms with Gasteiger partial charge in [-0.05, 0) is 38.5 Å². The van der Waals surface area contributed by atoms with E-state index in [2.05, 4.69) is 5.10 Å². The summed E-state index contributed by atoms with van der Waals surface area (Å²) >= 11 is 0. The first-order chi connectivity index (χ1) is 14.7. The lowest BCUT2D eigenvalue weighted by Crippen LogP contribution is -2.60. The minimum Gasteiger partial charge on any atom is -0.494 e. The van der Waals surface area contributed by atoms with Gasteiger partial charge in [-0.1, -0.05) is 6.07 Å². The Morgan fingerprint density at radius 2 is 1.90 bits per heavy atom. The van der Waals surface area contributed by atoms with E-state index in [4.69, 9.17) is 14.2 Å². The lowest BCUT2D eigenvalue weighted by Gasteiger charge is -2.39. The van der Waals surface area contributed by atoms with E-state index in [1.807, 2.05) is 20.8 Å². The van der Waals surface area contributed by atoms with Crippen molar-refractivity contribution in [3.63, 3.8) is 0 Å². The molecule has 9 nitrogen and oxygen atoms in total. The predicted molar refractivity (Wildman–Crippen MR) is 108 cm³/mol. The van der Waals surface area contributed by atoms with Crippen LogP contribution in [0.3, 0.4) is 0 Å². The molecule has 2 aromatic rings. The van der Waals surface area contributed by atoms with Crippen molar-refractivity contribution < 1.29 is 39.0 Å². The van der Waals surface area contributed by atoms with Crippen LogP contribution in [0.1, 0.15) is 36.7 Å². The van der Waals surface area contributed by atoms with E-state index in [1.54, 1.807) is 10.7 Å². The second-order valence-electron chi connectivity index (χ2n) is 7.87. The van der Waals surface area contributed by atoms with Crippen LogP contribution < -0.4 is 9.47 Å². The van der Waals surface area contributed by atoms with Gasteiger partial charge in [0.15, 0.2) is 11.6 Å². The molecule has 2 heterocycles. The monoisotopic (exact) mass is 440 g/mol. The highest BCUT2D eigenvalue weighted by Gasteiger charge is 2.45.